The normalized spacial score (nSPS) is 15.8. The van der Waals surface area contributed by atoms with Crippen LogP contribution in [0.3, 0.4) is 0 Å². The first-order chi connectivity index (χ1) is 12.1. The molecule has 0 fully saturated rings. The largest absolute Gasteiger partial charge is 0.484 e. The van der Waals surface area contributed by atoms with Gasteiger partial charge in [0.05, 0.1) is 22.2 Å². The Morgan fingerprint density at radius 2 is 2.04 bits per heavy atom. The minimum atomic E-state index is -3.89. The minimum Gasteiger partial charge on any atom is -0.484 e. The fraction of sp³-hybridized carbons (Fsp3) is 0.294. The molecule has 1 aliphatic heterocycles. The number of aromatic nitrogens is 1. The number of hydrogen-bond donors (Lipinski definition) is 1. The molecule has 0 spiro atoms. The summed E-state index contributed by atoms with van der Waals surface area (Å²) in [6.45, 7) is 5.49. The van der Waals surface area contributed by atoms with Crippen molar-refractivity contribution in [1.29, 1.82) is 0 Å². The number of halogens is 1. The highest BCUT2D eigenvalue weighted by Gasteiger charge is 2.34. The Labute approximate surface area is 157 Å². The van der Waals surface area contributed by atoms with Crippen LogP contribution in [0.2, 0.25) is 5.02 Å². The summed E-state index contributed by atoms with van der Waals surface area (Å²) >= 11 is 5.76. The lowest BCUT2D eigenvalue weighted by Gasteiger charge is -2.39. The molecule has 2 aromatic rings. The van der Waals surface area contributed by atoms with Crippen LogP contribution < -0.4 is 14.4 Å². The van der Waals surface area contributed by atoms with Crippen LogP contribution >= 0.6 is 11.6 Å². The Morgan fingerprint density at radius 1 is 1.31 bits per heavy atom. The summed E-state index contributed by atoms with van der Waals surface area (Å²) in [5.74, 6) is 0.414. The van der Waals surface area contributed by atoms with E-state index >= 15 is 0 Å². The van der Waals surface area contributed by atoms with Crippen LogP contribution in [0.4, 0.5) is 11.5 Å². The molecule has 1 aliphatic rings. The molecule has 7 nitrogen and oxygen atoms in total. The molecule has 1 N–H and O–H groups in total. The van der Waals surface area contributed by atoms with Gasteiger partial charge in [0.2, 0.25) is 5.91 Å². The lowest BCUT2D eigenvalue weighted by Crippen LogP contribution is -2.48. The summed E-state index contributed by atoms with van der Waals surface area (Å²) < 4.78 is 33.5. The van der Waals surface area contributed by atoms with E-state index in [0.29, 0.717) is 23.0 Å². The van der Waals surface area contributed by atoms with Gasteiger partial charge in [-0.25, -0.2) is 13.4 Å². The topological polar surface area (TPSA) is 88.6 Å². The molecule has 0 aliphatic carbocycles. The van der Waals surface area contributed by atoms with Gasteiger partial charge < -0.3 is 9.64 Å². The predicted octanol–water partition coefficient (Wildman–Crippen LogP) is 3.06. The highest BCUT2D eigenvalue weighted by molar-refractivity contribution is 7.92. The molecule has 0 radical (unpaired) electrons. The zero-order valence-corrected chi connectivity index (χ0v) is 16.1. The third-order valence-electron chi connectivity index (χ3n) is 3.80. The molecular weight excluding hydrogens is 378 g/mol. The van der Waals surface area contributed by atoms with E-state index in [1.807, 2.05) is 13.8 Å². The van der Waals surface area contributed by atoms with Gasteiger partial charge >= 0.3 is 0 Å². The van der Waals surface area contributed by atoms with Gasteiger partial charge in [-0.3, -0.25) is 9.52 Å². The standard InChI is InChI=1S/C17H18ClN3O4S/c1-11(22)21-10-17(2,3)25-15-6-5-13(8-14(15)21)26(23,24)20-16-7-4-12(18)9-19-16/h4-9H,10H2,1-3H3,(H,19,20). The van der Waals surface area contributed by atoms with Crippen molar-refractivity contribution in [3.8, 4) is 5.75 Å². The van der Waals surface area contributed by atoms with Crippen molar-refractivity contribution in [2.75, 3.05) is 16.2 Å². The average Bonchev–Trinajstić information content (AvgIpc) is 2.54. The van der Waals surface area contributed by atoms with E-state index in [2.05, 4.69) is 9.71 Å². The number of fused-ring (bicyclic) bond motifs is 1. The van der Waals surface area contributed by atoms with Gasteiger partial charge in [-0.05, 0) is 44.2 Å². The third-order valence-corrected chi connectivity index (χ3v) is 5.38. The molecule has 2 heterocycles. The lowest BCUT2D eigenvalue weighted by molar-refractivity contribution is -0.117. The molecule has 0 saturated carbocycles. The van der Waals surface area contributed by atoms with Gasteiger partial charge in [-0.1, -0.05) is 11.6 Å². The van der Waals surface area contributed by atoms with Crippen LogP contribution in [0.1, 0.15) is 20.8 Å². The Hall–Kier alpha value is -2.32. The molecule has 0 unspecified atom stereocenters. The van der Waals surface area contributed by atoms with Crippen molar-refractivity contribution in [3.05, 3.63) is 41.6 Å². The molecule has 26 heavy (non-hydrogen) atoms. The maximum absolute atomic E-state index is 12.6. The first kappa shape index (κ1) is 18.5. The first-order valence-electron chi connectivity index (χ1n) is 7.83. The van der Waals surface area contributed by atoms with E-state index in [4.69, 9.17) is 16.3 Å². The van der Waals surface area contributed by atoms with Crippen LogP contribution in [0.25, 0.3) is 0 Å². The maximum Gasteiger partial charge on any atom is 0.263 e. The van der Waals surface area contributed by atoms with E-state index < -0.39 is 15.6 Å². The highest BCUT2D eigenvalue weighted by Crippen LogP contribution is 2.38. The predicted molar refractivity (Wildman–Crippen MR) is 99.2 cm³/mol. The van der Waals surface area contributed by atoms with E-state index in [0.717, 1.165) is 0 Å². The number of anilines is 2. The number of benzene rings is 1. The number of nitrogens with zero attached hydrogens (tertiary/aromatic N) is 2. The van der Waals surface area contributed by atoms with E-state index in [1.165, 1.54) is 42.3 Å². The molecule has 0 atom stereocenters. The zero-order valence-electron chi connectivity index (χ0n) is 14.5. The second-order valence-corrected chi connectivity index (χ2v) is 8.68. The van der Waals surface area contributed by atoms with E-state index in [1.54, 1.807) is 6.07 Å². The van der Waals surface area contributed by atoms with Crippen molar-refractivity contribution in [2.45, 2.75) is 31.3 Å². The number of amides is 1. The molecular formula is C17H18ClN3O4S. The smallest absolute Gasteiger partial charge is 0.263 e. The summed E-state index contributed by atoms with van der Waals surface area (Å²) in [6, 6.07) is 7.40. The molecule has 3 rings (SSSR count). The second kappa shape index (κ2) is 6.44. The number of sulfonamides is 1. The summed E-state index contributed by atoms with van der Waals surface area (Å²) in [5.41, 5.74) is -0.145. The minimum absolute atomic E-state index is 0.00237. The highest BCUT2D eigenvalue weighted by atomic mass is 35.5. The molecule has 1 amide bonds. The molecule has 138 valence electrons. The number of nitrogens with one attached hydrogen (secondary N) is 1. The van der Waals surface area contributed by atoms with Crippen LogP contribution in [0.5, 0.6) is 5.75 Å². The van der Waals surface area contributed by atoms with Crippen LogP contribution in [-0.2, 0) is 14.8 Å². The quantitative estimate of drug-likeness (QED) is 0.862. The van der Waals surface area contributed by atoms with Crippen molar-refractivity contribution in [1.82, 2.24) is 4.98 Å². The number of pyridine rings is 1. The maximum atomic E-state index is 12.6. The van der Waals surface area contributed by atoms with Crippen LogP contribution in [0, 0.1) is 0 Å². The van der Waals surface area contributed by atoms with E-state index in [-0.39, 0.29) is 16.6 Å². The van der Waals surface area contributed by atoms with E-state index in [9.17, 15) is 13.2 Å². The third kappa shape index (κ3) is 3.76. The van der Waals surface area contributed by atoms with Crippen molar-refractivity contribution in [2.24, 2.45) is 0 Å². The van der Waals surface area contributed by atoms with Crippen molar-refractivity contribution >= 4 is 39.0 Å². The summed E-state index contributed by atoms with van der Waals surface area (Å²) in [7, 11) is -3.89. The Balaban J connectivity index is 1.98. The van der Waals surface area contributed by atoms with Crippen LogP contribution in [0.15, 0.2) is 41.4 Å². The number of hydrogen-bond acceptors (Lipinski definition) is 5. The zero-order chi connectivity index (χ0) is 19.1. The SMILES string of the molecule is CC(=O)N1CC(C)(C)Oc2ccc(S(=O)(=O)Nc3ccc(Cl)cn3)cc21. The fourth-order valence-electron chi connectivity index (χ4n) is 2.67. The van der Waals surface area contributed by atoms with Gasteiger partial charge in [0, 0.05) is 13.1 Å². The van der Waals surface area contributed by atoms with Gasteiger partial charge in [-0.2, -0.15) is 0 Å². The first-order valence-corrected chi connectivity index (χ1v) is 9.69. The molecule has 9 heteroatoms. The number of carbonyl (C=O) groups is 1. The molecule has 0 bridgehead atoms. The molecule has 1 aromatic carbocycles. The van der Waals surface area contributed by atoms with Gasteiger partial charge in [0.25, 0.3) is 10.0 Å². The summed E-state index contributed by atoms with van der Waals surface area (Å²) in [6.07, 6.45) is 1.35. The molecule has 1 aromatic heterocycles. The summed E-state index contributed by atoms with van der Waals surface area (Å²) in [5, 5.41) is 0.401. The Kier molecular flexibility index (Phi) is 4.58. The van der Waals surface area contributed by atoms with Crippen LogP contribution in [-0.4, -0.2) is 31.5 Å². The lowest BCUT2D eigenvalue weighted by atomic mass is 10.1. The number of ether oxygens (including phenoxy) is 1. The van der Waals surface area contributed by atoms with Crippen molar-refractivity contribution in [3.63, 3.8) is 0 Å². The van der Waals surface area contributed by atoms with Gasteiger partial charge in [0.15, 0.2) is 0 Å². The number of carbonyl (C=O) groups excluding carboxylic acids is 1. The Bertz CT molecular complexity index is 958. The average molecular weight is 396 g/mol. The number of rotatable bonds is 3. The fourth-order valence-corrected chi connectivity index (χ4v) is 3.81. The Morgan fingerprint density at radius 3 is 2.65 bits per heavy atom. The monoisotopic (exact) mass is 395 g/mol. The van der Waals surface area contributed by atoms with Crippen molar-refractivity contribution < 1.29 is 17.9 Å². The summed E-state index contributed by atoms with van der Waals surface area (Å²) in [4.78, 5) is 17.5. The van der Waals surface area contributed by atoms with Gasteiger partial charge in [-0.15, -0.1) is 0 Å². The second-order valence-electron chi connectivity index (χ2n) is 6.56. The van der Waals surface area contributed by atoms with Gasteiger partial charge in [0.1, 0.15) is 17.2 Å². The molecule has 0 saturated heterocycles.